The fourth-order valence-electron chi connectivity index (χ4n) is 3.08. The summed E-state index contributed by atoms with van der Waals surface area (Å²) in [7, 11) is 0. The third-order valence-electron chi connectivity index (χ3n) is 4.46. The molecule has 2 rings (SSSR count). The average Bonchev–Trinajstić information content (AvgIpc) is 2.63. The molecule has 0 aliphatic heterocycles. The van der Waals surface area contributed by atoms with E-state index >= 15 is 0 Å². The summed E-state index contributed by atoms with van der Waals surface area (Å²) in [5.41, 5.74) is 3.70. The topological polar surface area (TPSA) is 37.3 Å². The second kappa shape index (κ2) is 11.2. The number of aryl methyl sites for hydroxylation is 2. The predicted molar refractivity (Wildman–Crippen MR) is 105 cm³/mol. The SMILES string of the molecule is O=C(O)/C=C/c1ccccc1CCCCCCCCc1ccccc1. The molecule has 0 amide bonds. The lowest BCUT2D eigenvalue weighted by atomic mass is 9.99. The molecule has 132 valence electrons. The summed E-state index contributed by atoms with van der Waals surface area (Å²) in [6.07, 6.45) is 12.7. The zero-order valence-corrected chi connectivity index (χ0v) is 14.9. The smallest absolute Gasteiger partial charge is 0.328 e. The van der Waals surface area contributed by atoms with Crippen LogP contribution in [0, 0.1) is 0 Å². The normalized spacial score (nSPS) is 11.0. The van der Waals surface area contributed by atoms with Gasteiger partial charge < -0.3 is 5.11 Å². The molecule has 2 heteroatoms. The standard InChI is InChI=1S/C23H28O2/c24-23(25)19-18-22-17-11-10-16-21(22)15-9-4-2-1-3-6-12-20-13-7-5-8-14-20/h5,7-8,10-11,13-14,16-19H,1-4,6,9,12,15H2,(H,24,25)/b19-18+. The molecular formula is C23H28O2. The quantitative estimate of drug-likeness (QED) is 0.409. The van der Waals surface area contributed by atoms with E-state index < -0.39 is 5.97 Å². The molecule has 0 aliphatic rings. The lowest BCUT2D eigenvalue weighted by molar-refractivity contribution is -0.131. The van der Waals surface area contributed by atoms with Gasteiger partial charge in [-0.15, -0.1) is 0 Å². The first kappa shape index (κ1) is 19.0. The molecule has 0 bridgehead atoms. The van der Waals surface area contributed by atoms with Crippen LogP contribution in [-0.2, 0) is 17.6 Å². The maximum absolute atomic E-state index is 10.7. The van der Waals surface area contributed by atoms with Gasteiger partial charge in [0.15, 0.2) is 0 Å². The van der Waals surface area contributed by atoms with Crippen molar-refractivity contribution < 1.29 is 9.90 Å². The van der Waals surface area contributed by atoms with Gasteiger partial charge in [0.25, 0.3) is 0 Å². The molecule has 0 unspecified atom stereocenters. The fraction of sp³-hybridized carbons (Fsp3) is 0.348. The summed E-state index contributed by atoms with van der Waals surface area (Å²) >= 11 is 0. The van der Waals surface area contributed by atoms with Crippen LogP contribution >= 0.6 is 0 Å². The molecule has 25 heavy (non-hydrogen) atoms. The summed E-state index contributed by atoms with van der Waals surface area (Å²) < 4.78 is 0. The van der Waals surface area contributed by atoms with Crippen molar-refractivity contribution >= 4 is 12.0 Å². The number of aliphatic carboxylic acids is 1. The summed E-state index contributed by atoms with van der Waals surface area (Å²) in [4.78, 5) is 10.7. The summed E-state index contributed by atoms with van der Waals surface area (Å²) in [5, 5.41) is 8.77. The Kier molecular flexibility index (Phi) is 8.54. The number of rotatable bonds is 11. The van der Waals surface area contributed by atoms with Crippen LogP contribution in [0.1, 0.15) is 55.2 Å². The third-order valence-corrected chi connectivity index (χ3v) is 4.46. The number of hydrogen-bond donors (Lipinski definition) is 1. The Balaban J connectivity index is 1.59. The Hall–Kier alpha value is -2.35. The Morgan fingerprint density at radius 1 is 0.760 bits per heavy atom. The Morgan fingerprint density at radius 3 is 2.08 bits per heavy atom. The highest BCUT2D eigenvalue weighted by molar-refractivity contribution is 5.85. The molecule has 0 atom stereocenters. The Morgan fingerprint density at radius 2 is 1.36 bits per heavy atom. The lowest BCUT2D eigenvalue weighted by Gasteiger charge is -2.06. The predicted octanol–water partition coefficient (Wildman–Crippen LogP) is 5.91. The highest BCUT2D eigenvalue weighted by Crippen LogP contribution is 2.16. The number of hydrogen-bond acceptors (Lipinski definition) is 1. The monoisotopic (exact) mass is 336 g/mol. The summed E-state index contributed by atoms with van der Waals surface area (Å²) in [5.74, 6) is -0.898. The average molecular weight is 336 g/mol. The molecule has 2 aromatic rings. The number of unbranched alkanes of at least 4 members (excludes halogenated alkanes) is 5. The molecule has 0 fully saturated rings. The van der Waals surface area contributed by atoms with E-state index in [4.69, 9.17) is 5.11 Å². The molecule has 1 N–H and O–H groups in total. The van der Waals surface area contributed by atoms with E-state index in [0.29, 0.717) is 0 Å². The van der Waals surface area contributed by atoms with E-state index in [1.165, 1.54) is 55.7 Å². The molecule has 2 nitrogen and oxygen atoms in total. The Bertz CT molecular complexity index is 659. The van der Waals surface area contributed by atoms with Crippen molar-refractivity contribution in [2.75, 3.05) is 0 Å². The maximum Gasteiger partial charge on any atom is 0.328 e. The largest absolute Gasteiger partial charge is 0.478 e. The number of benzene rings is 2. The van der Waals surface area contributed by atoms with E-state index in [2.05, 4.69) is 36.4 Å². The molecule has 2 aromatic carbocycles. The van der Waals surface area contributed by atoms with Gasteiger partial charge in [-0.2, -0.15) is 0 Å². The van der Waals surface area contributed by atoms with Gasteiger partial charge in [-0.05, 0) is 48.4 Å². The van der Waals surface area contributed by atoms with Gasteiger partial charge in [0, 0.05) is 6.08 Å². The van der Waals surface area contributed by atoms with Crippen LogP contribution in [0.25, 0.3) is 6.08 Å². The van der Waals surface area contributed by atoms with Gasteiger partial charge >= 0.3 is 5.97 Å². The maximum atomic E-state index is 10.7. The summed E-state index contributed by atoms with van der Waals surface area (Å²) in [6, 6.07) is 18.8. The van der Waals surface area contributed by atoms with E-state index in [9.17, 15) is 4.79 Å². The highest BCUT2D eigenvalue weighted by atomic mass is 16.4. The number of carboxylic acids is 1. The van der Waals surface area contributed by atoms with Crippen molar-refractivity contribution in [3.63, 3.8) is 0 Å². The zero-order chi connectivity index (χ0) is 17.7. The molecular weight excluding hydrogens is 308 g/mol. The first-order valence-corrected chi connectivity index (χ1v) is 9.28. The van der Waals surface area contributed by atoms with Gasteiger partial charge in [0.1, 0.15) is 0 Å². The lowest BCUT2D eigenvalue weighted by Crippen LogP contribution is -1.92. The molecule has 0 saturated heterocycles. The number of carboxylic acid groups (broad SMARTS) is 1. The molecule has 0 aromatic heterocycles. The summed E-state index contributed by atoms with van der Waals surface area (Å²) in [6.45, 7) is 0. The minimum Gasteiger partial charge on any atom is -0.478 e. The molecule has 0 spiro atoms. The van der Waals surface area contributed by atoms with E-state index in [-0.39, 0.29) is 0 Å². The van der Waals surface area contributed by atoms with Gasteiger partial charge in [-0.25, -0.2) is 4.79 Å². The molecule has 0 heterocycles. The van der Waals surface area contributed by atoms with Crippen molar-refractivity contribution in [2.24, 2.45) is 0 Å². The fourth-order valence-corrected chi connectivity index (χ4v) is 3.08. The molecule has 0 aliphatic carbocycles. The zero-order valence-electron chi connectivity index (χ0n) is 14.9. The van der Waals surface area contributed by atoms with Crippen molar-refractivity contribution in [1.29, 1.82) is 0 Å². The van der Waals surface area contributed by atoms with Crippen LogP contribution in [-0.4, -0.2) is 11.1 Å². The van der Waals surface area contributed by atoms with E-state index in [1.54, 1.807) is 6.08 Å². The molecule has 0 radical (unpaired) electrons. The van der Waals surface area contributed by atoms with Crippen molar-refractivity contribution in [3.8, 4) is 0 Å². The van der Waals surface area contributed by atoms with Crippen LogP contribution in [0.15, 0.2) is 60.7 Å². The minimum absolute atomic E-state index is 0.898. The van der Waals surface area contributed by atoms with Crippen LogP contribution in [0.3, 0.4) is 0 Å². The second-order valence-corrected chi connectivity index (χ2v) is 6.48. The van der Waals surface area contributed by atoms with Crippen molar-refractivity contribution in [3.05, 3.63) is 77.4 Å². The van der Waals surface area contributed by atoms with Crippen LogP contribution < -0.4 is 0 Å². The van der Waals surface area contributed by atoms with Gasteiger partial charge in [0.05, 0.1) is 0 Å². The highest BCUT2D eigenvalue weighted by Gasteiger charge is 2.00. The van der Waals surface area contributed by atoms with Gasteiger partial charge in [0.2, 0.25) is 0 Å². The first-order valence-electron chi connectivity index (χ1n) is 9.28. The minimum atomic E-state index is -0.898. The van der Waals surface area contributed by atoms with Crippen LogP contribution in [0.2, 0.25) is 0 Å². The van der Waals surface area contributed by atoms with E-state index in [1.807, 2.05) is 18.2 Å². The van der Waals surface area contributed by atoms with Gasteiger partial charge in [-0.1, -0.05) is 80.3 Å². The van der Waals surface area contributed by atoms with Gasteiger partial charge in [-0.3, -0.25) is 0 Å². The van der Waals surface area contributed by atoms with Crippen molar-refractivity contribution in [1.82, 2.24) is 0 Å². The second-order valence-electron chi connectivity index (χ2n) is 6.48. The van der Waals surface area contributed by atoms with Crippen molar-refractivity contribution in [2.45, 2.75) is 51.4 Å². The number of carbonyl (C=O) groups is 1. The molecule has 0 saturated carbocycles. The van der Waals surface area contributed by atoms with Crippen LogP contribution in [0.4, 0.5) is 0 Å². The Labute approximate surface area is 151 Å². The van der Waals surface area contributed by atoms with E-state index in [0.717, 1.165) is 18.4 Å². The third kappa shape index (κ3) is 7.84. The van der Waals surface area contributed by atoms with Crippen LogP contribution in [0.5, 0.6) is 0 Å². The first-order chi connectivity index (χ1) is 12.3.